The SMILES string of the molecule is CNCC(c1c(C)ncn1C)N1CCOCC1. The van der Waals surface area contributed by atoms with Crippen LogP contribution in [0.4, 0.5) is 0 Å². The molecule has 1 saturated heterocycles. The van der Waals surface area contributed by atoms with Gasteiger partial charge in [-0.05, 0) is 14.0 Å². The number of hydrogen-bond donors (Lipinski definition) is 1. The molecule has 1 fully saturated rings. The number of hydrogen-bond acceptors (Lipinski definition) is 4. The number of imidazole rings is 1. The van der Waals surface area contributed by atoms with Crippen LogP contribution in [0.15, 0.2) is 6.33 Å². The highest BCUT2D eigenvalue weighted by Gasteiger charge is 2.25. The lowest BCUT2D eigenvalue weighted by atomic mass is 10.1. The normalized spacial score (nSPS) is 19.5. The summed E-state index contributed by atoms with van der Waals surface area (Å²) in [6, 6.07) is 0.386. The monoisotopic (exact) mass is 238 g/mol. The summed E-state index contributed by atoms with van der Waals surface area (Å²) in [4.78, 5) is 6.87. The molecule has 0 aromatic carbocycles. The van der Waals surface area contributed by atoms with E-state index < -0.39 is 0 Å². The van der Waals surface area contributed by atoms with E-state index >= 15 is 0 Å². The Balaban J connectivity index is 2.21. The van der Waals surface area contributed by atoms with Gasteiger partial charge in [0.15, 0.2) is 0 Å². The topological polar surface area (TPSA) is 42.3 Å². The smallest absolute Gasteiger partial charge is 0.0949 e. The lowest BCUT2D eigenvalue weighted by Gasteiger charge is -2.34. The first-order chi connectivity index (χ1) is 8.24. The summed E-state index contributed by atoms with van der Waals surface area (Å²) in [5.74, 6) is 0. The average molecular weight is 238 g/mol. The van der Waals surface area contributed by atoms with Crippen molar-refractivity contribution < 1.29 is 4.74 Å². The minimum atomic E-state index is 0.386. The fraction of sp³-hybridized carbons (Fsp3) is 0.750. The zero-order valence-electron chi connectivity index (χ0n) is 10.9. The van der Waals surface area contributed by atoms with Crippen molar-refractivity contribution in [3.63, 3.8) is 0 Å². The first-order valence-electron chi connectivity index (χ1n) is 6.18. The lowest BCUT2D eigenvalue weighted by molar-refractivity contribution is 0.0150. The van der Waals surface area contributed by atoms with E-state index in [-0.39, 0.29) is 0 Å². The Labute approximate surface area is 103 Å². The highest BCUT2D eigenvalue weighted by atomic mass is 16.5. The summed E-state index contributed by atoms with van der Waals surface area (Å²) in [7, 11) is 4.07. The van der Waals surface area contributed by atoms with E-state index in [4.69, 9.17) is 4.74 Å². The number of morpholine rings is 1. The van der Waals surface area contributed by atoms with E-state index in [9.17, 15) is 0 Å². The van der Waals surface area contributed by atoms with Gasteiger partial charge in [-0.3, -0.25) is 4.90 Å². The molecular weight excluding hydrogens is 216 g/mol. The molecule has 1 atom stereocenters. The first-order valence-corrected chi connectivity index (χ1v) is 6.18. The molecule has 0 aliphatic carbocycles. The third-order valence-corrected chi connectivity index (χ3v) is 3.37. The molecule has 1 unspecified atom stereocenters. The highest BCUT2D eigenvalue weighted by Crippen LogP contribution is 2.23. The number of likely N-dealkylation sites (N-methyl/N-ethyl adjacent to an activating group) is 1. The van der Waals surface area contributed by atoms with Crippen molar-refractivity contribution >= 4 is 0 Å². The molecule has 0 spiro atoms. The molecule has 0 amide bonds. The van der Waals surface area contributed by atoms with Crippen LogP contribution in [-0.4, -0.2) is 54.3 Å². The Kier molecular flexibility index (Phi) is 4.15. The van der Waals surface area contributed by atoms with E-state index in [1.54, 1.807) is 0 Å². The molecule has 17 heavy (non-hydrogen) atoms. The molecule has 1 aliphatic rings. The second-order valence-corrected chi connectivity index (χ2v) is 4.55. The highest BCUT2D eigenvalue weighted by molar-refractivity contribution is 5.16. The molecular formula is C12H22N4O. The van der Waals surface area contributed by atoms with Crippen molar-refractivity contribution in [1.29, 1.82) is 0 Å². The van der Waals surface area contributed by atoms with Crippen LogP contribution in [0, 0.1) is 6.92 Å². The number of nitrogens with zero attached hydrogens (tertiary/aromatic N) is 3. The van der Waals surface area contributed by atoms with Crippen LogP contribution >= 0.6 is 0 Å². The third-order valence-electron chi connectivity index (χ3n) is 3.37. The summed E-state index contributed by atoms with van der Waals surface area (Å²) in [5.41, 5.74) is 2.43. The summed E-state index contributed by atoms with van der Waals surface area (Å²) < 4.78 is 7.55. The summed E-state index contributed by atoms with van der Waals surface area (Å²) in [5, 5.41) is 3.28. The zero-order valence-corrected chi connectivity index (χ0v) is 10.9. The Hall–Kier alpha value is -0.910. The van der Waals surface area contributed by atoms with Crippen LogP contribution < -0.4 is 5.32 Å². The van der Waals surface area contributed by atoms with Crippen molar-refractivity contribution in [2.24, 2.45) is 7.05 Å². The fourth-order valence-corrected chi connectivity index (χ4v) is 2.51. The predicted molar refractivity (Wildman–Crippen MR) is 67.0 cm³/mol. The molecule has 2 heterocycles. The van der Waals surface area contributed by atoms with E-state index in [2.05, 4.69) is 33.7 Å². The number of ether oxygens (including phenoxy) is 1. The van der Waals surface area contributed by atoms with Gasteiger partial charge >= 0.3 is 0 Å². The maximum absolute atomic E-state index is 5.42. The van der Waals surface area contributed by atoms with Gasteiger partial charge in [-0.2, -0.15) is 0 Å². The Bertz CT molecular complexity index is 338. The average Bonchev–Trinajstić information content (AvgIpc) is 2.68. The van der Waals surface area contributed by atoms with E-state index in [0.29, 0.717) is 6.04 Å². The molecule has 0 bridgehead atoms. The predicted octanol–water partition coefficient (Wildman–Crippen LogP) is 0.321. The van der Waals surface area contributed by atoms with Gasteiger partial charge in [0.2, 0.25) is 0 Å². The van der Waals surface area contributed by atoms with Crippen LogP contribution in [-0.2, 0) is 11.8 Å². The molecule has 1 N–H and O–H groups in total. The molecule has 2 rings (SSSR count). The van der Waals surface area contributed by atoms with Crippen LogP contribution in [0.5, 0.6) is 0 Å². The van der Waals surface area contributed by atoms with Crippen molar-refractivity contribution in [2.45, 2.75) is 13.0 Å². The number of rotatable bonds is 4. The van der Waals surface area contributed by atoms with E-state index in [1.807, 2.05) is 13.4 Å². The molecule has 1 aliphatic heterocycles. The fourth-order valence-electron chi connectivity index (χ4n) is 2.51. The van der Waals surface area contributed by atoms with Gasteiger partial charge in [0.25, 0.3) is 0 Å². The summed E-state index contributed by atoms with van der Waals surface area (Å²) >= 11 is 0. The quantitative estimate of drug-likeness (QED) is 0.820. The maximum Gasteiger partial charge on any atom is 0.0949 e. The van der Waals surface area contributed by atoms with Crippen LogP contribution in [0.3, 0.4) is 0 Å². The van der Waals surface area contributed by atoms with Gasteiger partial charge in [-0.15, -0.1) is 0 Å². The maximum atomic E-state index is 5.42. The second-order valence-electron chi connectivity index (χ2n) is 4.55. The standard InChI is InChI=1S/C12H22N4O/c1-10-12(15(3)9-14-10)11(8-13-2)16-4-6-17-7-5-16/h9,11,13H,4-8H2,1-3H3. The minimum absolute atomic E-state index is 0.386. The molecule has 5 heteroatoms. The zero-order chi connectivity index (χ0) is 12.3. The number of nitrogens with one attached hydrogen (secondary N) is 1. The molecule has 1 aromatic rings. The molecule has 0 radical (unpaired) electrons. The minimum Gasteiger partial charge on any atom is -0.379 e. The van der Waals surface area contributed by atoms with Crippen molar-refractivity contribution in [3.8, 4) is 0 Å². The van der Waals surface area contributed by atoms with Crippen molar-refractivity contribution in [1.82, 2.24) is 19.8 Å². The Morgan fingerprint density at radius 3 is 2.71 bits per heavy atom. The van der Waals surface area contributed by atoms with Crippen LogP contribution in [0.1, 0.15) is 17.4 Å². The molecule has 96 valence electrons. The Morgan fingerprint density at radius 2 is 2.18 bits per heavy atom. The summed E-state index contributed by atoms with van der Waals surface area (Å²) in [6.07, 6.45) is 1.90. The largest absolute Gasteiger partial charge is 0.379 e. The van der Waals surface area contributed by atoms with Gasteiger partial charge in [0, 0.05) is 26.7 Å². The molecule has 1 aromatic heterocycles. The molecule has 5 nitrogen and oxygen atoms in total. The van der Waals surface area contributed by atoms with Crippen LogP contribution in [0.25, 0.3) is 0 Å². The van der Waals surface area contributed by atoms with Gasteiger partial charge < -0.3 is 14.6 Å². The van der Waals surface area contributed by atoms with E-state index in [0.717, 1.165) is 38.5 Å². The second kappa shape index (κ2) is 5.62. The van der Waals surface area contributed by atoms with Gasteiger partial charge in [-0.25, -0.2) is 4.98 Å². The lowest BCUT2D eigenvalue weighted by Crippen LogP contribution is -2.43. The number of aryl methyl sites for hydroxylation is 2. The third kappa shape index (κ3) is 2.68. The van der Waals surface area contributed by atoms with Crippen molar-refractivity contribution in [3.05, 3.63) is 17.7 Å². The number of aromatic nitrogens is 2. The van der Waals surface area contributed by atoms with Crippen LogP contribution in [0.2, 0.25) is 0 Å². The molecule has 0 saturated carbocycles. The first kappa shape index (κ1) is 12.5. The van der Waals surface area contributed by atoms with Gasteiger partial charge in [0.1, 0.15) is 0 Å². The van der Waals surface area contributed by atoms with E-state index in [1.165, 1.54) is 5.69 Å². The Morgan fingerprint density at radius 1 is 1.47 bits per heavy atom. The van der Waals surface area contributed by atoms with Gasteiger partial charge in [-0.1, -0.05) is 0 Å². The van der Waals surface area contributed by atoms with Crippen molar-refractivity contribution in [2.75, 3.05) is 39.9 Å². The van der Waals surface area contributed by atoms with Gasteiger partial charge in [0.05, 0.1) is 37.0 Å². The summed E-state index contributed by atoms with van der Waals surface area (Å²) in [6.45, 7) is 6.68.